The van der Waals surface area contributed by atoms with E-state index in [4.69, 9.17) is 14.1 Å². The highest BCUT2D eigenvalue weighted by Crippen LogP contribution is 2.41. The Balaban J connectivity index is 1.30. The minimum Gasteiger partial charge on any atom is -0.444 e. The van der Waals surface area contributed by atoms with Crippen molar-refractivity contribution in [3.63, 3.8) is 0 Å². The Morgan fingerprint density at radius 3 is 2.57 bits per heavy atom. The van der Waals surface area contributed by atoms with Gasteiger partial charge < -0.3 is 24.1 Å². The van der Waals surface area contributed by atoms with Crippen molar-refractivity contribution in [1.29, 1.82) is 0 Å². The summed E-state index contributed by atoms with van der Waals surface area (Å²) in [6, 6.07) is 4.94. The highest BCUT2D eigenvalue weighted by atomic mass is 32.1. The number of benzene rings is 1. The summed E-state index contributed by atoms with van der Waals surface area (Å²) in [6.45, 7) is 8.59. The molecule has 6 heterocycles. The lowest BCUT2D eigenvalue weighted by Gasteiger charge is -2.55. The number of piperidine rings is 2. The van der Waals surface area contributed by atoms with E-state index >= 15 is 0 Å². The van der Waals surface area contributed by atoms with E-state index in [-0.39, 0.29) is 24.3 Å². The lowest BCUT2D eigenvalue weighted by Crippen LogP contribution is -2.70. The first-order valence-electron chi connectivity index (χ1n) is 12.3. The number of rotatable bonds is 3. The van der Waals surface area contributed by atoms with Crippen LogP contribution in [0.25, 0.3) is 21.7 Å². The Hall–Kier alpha value is -2.85. The van der Waals surface area contributed by atoms with Crippen LogP contribution in [-0.2, 0) is 4.74 Å². The fraction of sp³-hybridized carbons (Fsp3) is 0.560. The number of hydrogen-bond acceptors (Lipinski definition) is 9. The van der Waals surface area contributed by atoms with Gasteiger partial charge in [-0.05, 0) is 52.2 Å². The lowest BCUT2D eigenvalue weighted by atomic mass is 9.88. The second-order valence-corrected chi connectivity index (χ2v) is 11.6. The van der Waals surface area contributed by atoms with Crippen LogP contribution in [0, 0.1) is 0 Å². The normalized spacial score (nSPS) is 23.0. The molecule has 0 saturated carbocycles. The average molecular weight is 498 g/mol. The van der Waals surface area contributed by atoms with Crippen molar-refractivity contribution >= 4 is 40.2 Å². The summed E-state index contributed by atoms with van der Waals surface area (Å²) in [7, 11) is 0. The SMILES string of the molecule is CC(C)(C)OC(=O)N1C2CC1CN(c1nc3c(N4CCC(O)CC4)ccc(-c4nccs4)c3o1)C2. The number of ether oxygens (including phenoxy) is 1. The van der Waals surface area contributed by atoms with Crippen LogP contribution < -0.4 is 9.80 Å². The second kappa shape index (κ2) is 8.37. The maximum absolute atomic E-state index is 12.7. The first-order chi connectivity index (χ1) is 16.8. The molecule has 4 saturated heterocycles. The van der Waals surface area contributed by atoms with Crippen molar-refractivity contribution in [2.75, 3.05) is 36.0 Å². The molecule has 9 nitrogen and oxygen atoms in total. The number of aliphatic hydroxyl groups excluding tert-OH is 1. The number of piperazine rings is 1. The van der Waals surface area contributed by atoms with E-state index in [1.54, 1.807) is 17.5 Å². The maximum atomic E-state index is 12.7. The molecule has 1 amide bonds. The minimum absolute atomic E-state index is 0.0973. The molecule has 7 rings (SSSR count). The van der Waals surface area contributed by atoms with Gasteiger partial charge in [-0.3, -0.25) is 4.90 Å². The predicted octanol–water partition coefficient (Wildman–Crippen LogP) is 4.11. The van der Waals surface area contributed by atoms with Crippen molar-refractivity contribution in [2.45, 2.75) is 63.8 Å². The smallest absolute Gasteiger partial charge is 0.410 e. The number of carbonyl (C=O) groups excluding carboxylic acids is 1. The highest BCUT2D eigenvalue weighted by molar-refractivity contribution is 7.13. The van der Waals surface area contributed by atoms with Crippen LogP contribution in [0.4, 0.5) is 16.5 Å². The monoisotopic (exact) mass is 497 g/mol. The van der Waals surface area contributed by atoms with Crippen LogP contribution in [0.2, 0.25) is 0 Å². The Bertz CT molecular complexity index is 1220. The van der Waals surface area contributed by atoms with Crippen molar-refractivity contribution in [2.24, 2.45) is 0 Å². The molecule has 2 unspecified atom stereocenters. The van der Waals surface area contributed by atoms with Gasteiger partial charge in [0.1, 0.15) is 16.1 Å². The molecular formula is C25H31N5O4S. The third-order valence-electron chi connectivity index (χ3n) is 7.05. The van der Waals surface area contributed by atoms with E-state index in [0.29, 0.717) is 19.1 Å². The van der Waals surface area contributed by atoms with Crippen molar-refractivity contribution in [3.05, 3.63) is 23.7 Å². The molecule has 2 atom stereocenters. The zero-order chi connectivity index (χ0) is 24.3. The molecule has 10 heteroatoms. The number of oxazole rings is 1. The quantitative estimate of drug-likeness (QED) is 0.578. The fourth-order valence-electron chi connectivity index (χ4n) is 5.38. The molecule has 0 aliphatic carbocycles. The van der Waals surface area contributed by atoms with Gasteiger partial charge >= 0.3 is 6.09 Å². The van der Waals surface area contributed by atoms with Crippen LogP contribution in [-0.4, -0.2) is 76.0 Å². The van der Waals surface area contributed by atoms with Crippen molar-refractivity contribution in [1.82, 2.24) is 14.9 Å². The van der Waals surface area contributed by atoms with Gasteiger partial charge in [-0.2, -0.15) is 4.98 Å². The molecule has 4 aliphatic heterocycles. The van der Waals surface area contributed by atoms with Crippen LogP contribution in [0.5, 0.6) is 0 Å². The molecule has 2 aromatic heterocycles. The third kappa shape index (κ3) is 4.12. The Morgan fingerprint density at radius 1 is 1.17 bits per heavy atom. The number of hydrogen-bond donors (Lipinski definition) is 1. The van der Waals surface area contributed by atoms with Gasteiger partial charge in [0, 0.05) is 37.8 Å². The summed E-state index contributed by atoms with van der Waals surface area (Å²) in [5, 5.41) is 12.8. The molecule has 3 aromatic rings. The van der Waals surface area contributed by atoms with Crippen LogP contribution >= 0.6 is 11.3 Å². The topological polar surface area (TPSA) is 95.2 Å². The first-order valence-corrected chi connectivity index (χ1v) is 13.2. The summed E-state index contributed by atoms with van der Waals surface area (Å²) in [5.74, 6) is 0. The van der Waals surface area contributed by atoms with Gasteiger partial charge in [0.05, 0.1) is 29.4 Å². The van der Waals surface area contributed by atoms with Gasteiger partial charge in [0.2, 0.25) is 0 Å². The van der Waals surface area contributed by atoms with E-state index in [2.05, 4.69) is 26.9 Å². The van der Waals surface area contributed by atoms with Crippen LogP contribution in [0.3, 0.4) is 0 Å². The number of aliphatic hydroxyl groups is 1. The number of fused-ring (bicyclic) bond motifs is 3. The summed E-state index contributed by atoms with van der Waals surface area (Å²) in [4.78, 5) is 28.5. The Kier molecular flexibility index (Phi) is 5.41. The third-order valence-corrected chi connectivity index (χ3v) is 7.85. The largest absolute Gasteiger partial charge is 0.444 e. The van der Waals surface area contributed by atoms with Gasteiger partial charge in [0.15, 0.2) is 5.58 Å². The molecule has 2 bridgehead atoms. The summed E-state index contributed by atoms with van der Waals surface area (Å²) >= 11 is 1.58. The maximum Gasteiger partial charge on any atom is 0.410 e. The number of aromatic nitrogens is 2. The van der Waals surface area contributed by atoms with E-state index in [0.717, 1.165) is 59.7 Å². The average Bonchev–Trinajstić information content (AvgIpc) is 3.48. The molecule has 1 N–H and O–H groups in total. The minimum atomic E-state index is -0.506. The number of amides is 1. The van der Waals surface area contributed by atoms with Gasteiger partial charge in [0.25, 0.3) is 6.01 Å². The molecule has 4 aliphatic rings. The van der Waals surface area contributed by atoms with Crippen LogP contribution in [0.1, 0.15) is 40.0 Å². The van der Waals surface area contributed by atoms with E-state index < -0.39 is 5.60 Å². The van der Waals surface area contributed by atoms with Gasteiger partial charge in [-0.1, -0.05) is 0 Å². The Labute approximate surface area is 208 Å². The summed E-state index contributed by atoms with van der Waals surface area (Å²) in [6.07, 6.45) is 3.79. The fourth-order valence-corrected chi connectivity index (χ4v) is 6.04. The Morgan fingerprint density at radius 2 is 1.91 bits per heavy atom. The standard InChI is InChI=1S/C25H31N5O4S/c1-25(2,3)34-24(32)30-15-12-16(30)14-29(13-15)23-27-20-19(28-9-6-17(31)7-10-28)5-4-18(21(20)33-23)22-26-8-11-35-22/h4-5,8,11,15-17,31H,6-7,9-10,12-14H2,1-3H3. The van der Waals surface area contributed by atoms with E-state index in [1.807, 2.05) is 31.1 Å². The summed E-state index contributed by atoms with van der Waals surface area (Å²) in [5.41, 5.74) is 3.02. The number of thiazole rings is 1. The van der Waals surface area contributed by atoms with Gasteiger partial charge in [-0.25, -0.2) is 9.78 Å². The molecule has 35 heavy (non-hydrogen) atoms. The molecule has 186 valence electrons. The molecule has 0 spiro atoms. The zero-order valence-corrected chi connectivity index (χ0v) is 21.1. The first kappa shape index (κ1) is 22.6. The predicted molar refractivity (Wildman–Crippen MR) is 135 cm³/mol. The summed E-state index contributed by atoms with van der Waals surface area (Å²) < 4.78 is 12.0. The molecule has 0 radical (unpaired) electrons. The van der Waals surface area contributed by atoms with Gasteiger partial charge in [-0.15, -0.1) is 11.3 Å². The molecule has 1 aromatic carbocycles. The molecular weight excluding hydrogens is 466 g/mol. The number of carbonyl (C=O) groups is 1. The van der Waals surface area contributed by atoms with Crippen molar-refractivity contribution in [3.8, 4) is 10.6 Å². The second-order valence-electron chi connectivity index (χ2n) is 10.7. The lowest BCUT2D eigenvalue weighted by molar-refractivity contribution is -0.0386. The van der Waals surface area contributed by atoms with E-state index in [9.17, 15) is 9.90 Å². The number of anilines is 2. The highest BCUT2D eigenvalue weighted by Gasteiger charge is 2.49. The molecule has 4 fully saturated rings. The zero-order valence-electron chi connectivity index (χ0n) is 20.3. The number of nitrogens with zero attached hydrogens (tertiary/aromatic N) is 5. The van der Waals surface area contributed by atoms with Crippen LogP contribution in [0.15, 0.2) is 28.1 Å². The van der Waals surface area contributed by atoms with E-state index in [1.165, 1.54) is 0 Å². The van der Waals surface area contributed by atoms with Crippen molar-refractivity contribution < 1.29 is 19.1 Å².